The van der Waals surface area contributed by atoms with Crippen molar-refractivity contribution in [2.75, 3.05) is 13.2 Å². The molecule has 0 fully saturated rings. The van der Waals surface area contributed by atoms with E-state index < -0.39 is 10.8 Å². The molecule has 2 aromatic carbocycles. The quantitative estimate of drug-likeness (QED) is 0.343. The van der Waals surface area contributed by atoms with Crippen LogP contribution in [-0.4, -0.2) is 35.4 Å². The third-order valence-corrected chi connectivity index (χ3v) is 4.15. The Bertz CT molecular complexity index is 922. The minimum absolute atomic E-state index is 0.0880. The Balaban J connectivity index is 1.93. The van der Waals surface area contributed by atoms with Crippen molar-refractivity contribution < 1.29 is 24.3 Å². The molecule has 11 heteroatoms. The number of phenolic OH excluding ortho intramolecular Hbond substituents is 1. The fourth-order valence-electron chi connectivity index (χ4n) is 2.01. The molecule has 0 aliphatic heterocycles. The van der Waals surface area contributed by atoms with Crippen molar-refractivity contribution in [1.29, 1.82) is 0 Å². The third kappa shape index (κ3) is 5.83. The SMILES string of the molecule is CCOc1cc(C=NNC(=O)COc2ccc([N+](=O)[O-])cc2Br)cc(Cl)c1O. The summed E-state index contributed by atoms with van der Waals surface area (Å²) in [7, 11) is 0. The molecule has 0 saturated carbocycles. The van der Waals surface area contributed by atoms with E-state index in [0.717, 1.165) is 0 Å². The molecule has 2 rings (SSSR count). The highest BCUT2D eigenvalue weighted by atomic mass is 79.9. The molecule has 1 amide bonds. The summed E-state index contributed by atoms with van der Waals surface area (Å²) >= 11 is 9.06. The third-order valence-electron chi connectivity index (χ3n) is 3.24. The van der Waals surface area contributed by atoms with Crippen molar-refractivity contribution in [3.8, 4) is 17.2 Å². The van der Waals surface area contributed by atoms with Crippen LogP contribution in [0.25, 0.3) is 0 Å². The molecule has 0 saturated heterocycles. The van der Waals surface area contributed by atoms with Gasteiger partial charge in [0.15, 0.2) is 18.1 Å². The van der Waals surface area contributed by atoms with Crippen LogP contribution >= 0.6 is 27.5 Å². The number of ether oxygens (including phenoxy) is 2. The number of amides is 1. The zero-order chi connectivity index (χ0) is 20.7. The molecule has 0 aliphatic rings. The first kappa shape index (κ1) is 21.5. The Morgan fingerprint density at radius 2 is 2.11 bits per heavy atom. The van der Waals surface area contributed by atoms with Crippen molar-refractivity contribution in [3.05, 3.63) is 55.5 Å². The van der Waals surface area contributed by atoms with Gasteiger partial charge in [-0.1, -0.05) is 11.6 Å². The number of benzene rings is 2. The first-order chi connectivity index (χ1) is 13.3. The second-order valence-corrected chi connectivity index (χ2v) is 6.50. The summed E-state index contributed by atoms with van der Waals surface area (Å²) in [5.74, 6) is -0.242. The van der Waals surface area contributed by atoms with Crippen LogP contribution in [0.4, 0.5) is 5.69 Å². The molecule has 2 N–H and O–H groups in total. The van der Waals surface area contributed by atoms with Gasteiger partial charge in [-0.2, -0.15) is 5.10 Å². The summed E-state index contributed by atoms with van der Waals surface area (Å²) in [4.78, 5) is 22.0. The van der Waals surface area contributed by atoms with Crippen molar-refractivity contribution >= 4 is 45.3 Å². The Morgan fingerprint density at radius 3 is 2.75 bits per heavy atom. The molecular weight excluding hydrogens is 458 g/mol. The zero-order valence-electron chi connectivity index (χ0n) is 14.5. The maximum absolute atomic E-state index is 11.8. The normalized spacial score (nSPS) is 10.7. The molecule has 0 atom stereocenters. The van der Waals surface area contributed by atoms with Gasteiger partial charge in [-0.3, -0.25) is 14.9 Å². The summed E-state index contributed by atoms with van der Waals surface area (Å²) < 4.78 is 10.9. The zero-order valence-corrected chi connectivity index (χ0v) is 16.9. The monoisotopic (exact) mass is 471 g/mol. The van der Waals surface area contributed by atoms with Crippen LogP contribution in [0.1, 0.15) is 12.5 Å². The van der Waals surface area contributed by atoms with Crippen LogP contribution in [0.15, 0.2) is 39.9 Å². The number of phenols is 1. The summed E-state index contributed by atoms with van der Waals surface area (Å²) in [6.45, 7) is 1.75. The summed E-state index contributed by atoms with van der Waals surface area (Å²) in [6.07, 6.45) is 1.33. The highest BCUT2D eigenvalue weighted by Gasteiger charge is 2.11. The number of hydrogen-bond acceptors (Lipinski definition) is 7. The van der Waals surface area contributed by atoms with Crippen LogP contribution in [0.3, 0.4) is 0 Å². The number of carbonyl (C=O) groups is 1. The fourth-order valence-corrected chi connectivity index (χ4v) is 2.71. The molecule has 28 heavy (non-hydrogen) atoms. The molecule has 148 valence electrons. The minimum Gasteiger partial charge on any atom is -0.503 e. The molecule has 0 aromatic heterocycles. The van der Waals surface area contributed by atoms with Gasteiger partial charge in [0.2, 0.25) is 0 Å². The topological polar surface area (TPSA) is 123 Å². The van der Waals surface area contributed by atoms with Gasteiger partial charge in [-0.15, -0.1) is 0 Å². The van der Waals surface area contributed by atoms with Crippen LogP contribution in [0.2, 0.25) is 5.02 Å². The molecule has 0 unspecified atom stereocenters. The van der Waals surface area contributed by atoms with Gasteiger partial charge in [0.05, 0.1) is 27.2 Å². The molecule has 0 radical (unpaired) electrons. The maximum atomic E-state index is 11.8. The van der Waals surface area contributed by atoms with Crippen LogP contribution in [0, 0.1) is 10.1 Å². The smallest absolute Gasteiger partial charge is 0.277 e. The van der Waals surface area contributed by atoms with E-state index in [4.69, 9.17) is 21.1 Å². The van der Waals surface area contributed by atoms with Crippen LogP contribution in [0.5, 0.6) is 17.2 Å². The lowest BCUT2D eigenvalue weighted by Crippen LogP contribution is -2.24. The molecule has 9 nitrogen and oxygen atoms in total. The number of non-ortho nitro benzene ring substituents is 1. The highest BCUT2D eigenvalue weighted by Crippen LogP contribution is 2.34. The van der Waals surface area contributed by atoms with Crippen molar-refractivity contribution in [1.82, 2.24) is 5.43 Å². The Hall–Kier alpha value is -2.85. The number of nitrogens with zero attached hydrogens (tertiary/aromatic N) is 2. The first-order valence-electron chi connectivity index (χ1n) is 7.85. The maximum Gasteiger partial charge on any atom is 0.277 e. The van der Waals surface area contributed by atoms with Crippen molar-refractivity contribution in [3.63, 3.8) is 0 Å². The van der Waals surface area contributed by atoms with Gasteiger partial charge in [-0.05, 0) is 46.6 Å². The van der Waals surface area contributed by atoms with E-state index in [1.807, 2.05) is 0 Å². The Labute approximate surface area is 173 Å². The number of rotatable bonds is 8. The standard InChI is InChI=1S/C17H15BrClN3O6/c1-2-27-15-6-10(5-13(19)17(15)24)8-20-21-16(23)9-28-14-4-3-11(22(25)26)7-12(14)18/h3-8,24H,2,9H2,1H3,(H,21,23). The lowest BCUT2D eigenvalue weighted by atomic mass is 10.2. The molecule has 0 aliphatic carbocycles. The van der Waals surface area contributed by atoms with Gasteiger partial charge in [0, 0.05) is 12.1 Å². The van der Waals surface area contributed by atoms with E-state index in [-0.39, 0.29) is 34.6 Å². The number of nitro groups is 1. The number of halogens is 2. The second kappa shape index (κ2) is 9.90. The fraction of sp³-hybridized carbons (Fsp3) is 0.176. The average Bonchev–Trinajstić information content (AvgIpc) is 2.64. The van der Waals surface area contributed by atoms with Crippen LogP contribution in [-0.2, 0) is 4.79 Å². The highest BCUT2D eigenvalue weighted by molar-refractivity contribution is 9.10. The van der Waals surface area contributed by atoms with Crippen molar-refractivity contribution in [2.45, 2.75) is 6.92 Å². The van der Waals surface area contributed by atoms with E-state index in [2.05, 4.69) is 26.5 Å². The largest absolute Gasteiger partial charge is 0.503 e. The first-order valence-corrected chi connectivity index (χ1v) is 9.02. The molecular formula is C17H15BrClN3O6. The number of aromatic hydroxyl groups is 1. The number of nitro benzene ring substituents is 1. The van der Waals surface area contributed by atoms with E-state index >= 15 is 0 Å². The summed E-state index contributed by atoms with van der Waals surface area (Å²) in [5.41, 5.74) is 2.67. The molecule has 0 bridgehead atoms. The van der Waals surface area contributed by atoms with E-state index in [1.165, 1.54) is 36.5 Å². The van der Waals surface area contributed by atoms with Gasteiger partial charge < -0.3 is 14.6 Å². The Kier molecular flexibility index (Phi) is 7.59. The summed E-state index contributed by atoms with van der Waals surface area (Å²) in [6, 6.07) is 6.90. The van der Waals surface area contributed by atoms with Gasteiger partial charge in [0.1, 0.15) is 5.75 Å². The summed E-state index contributed by atoms with van der Waals surface area (Å²) in [5, 5.41) is 24.4. The van der Waals surface area contributed by atoms with Gasteiger partial charge >= 0.3 is 0 Å². The molecule has 2 aromatic rings. The van der Waals surface area contributed by atoms with E-state index in [0.29, 0.717) is 16.6 Å². The van der Waals surface area contributed by atoms with Gasteiger partial charge in [-0.25, -0.2) is 5.43 Å². The van der Waals surface area contributed by atoms with Crippen molar-refractivity contribution in [2.24, 2.45) is 5.10 Å². The molecule has 0 heterocycles. The van der Waals surface area contributed by atoms with E-state index in [9.17, 15) is 20.0 Å². The predicted octanol–water partition coefficient (Wildman–Crippen LogP) is 3.64. The van der Waals surface area contributed by atoms with Gasteiger partial charge in [0.25, 0.3) is 11.6 Å². The van der Waals surface area contributed by atoms with Crippen LogP contribution < -0.4 is 14.9 Å². The lowest BCUT2D eigenvalue weighted by Gasteiger charge is -2.08. The van der Waals surface area contributed by atoms with E-state index in [1.54, 1.807) is 6.92 Å². The Morgan fingerprint density at radius 1 is 1.36 bits per heavy atom. The number of nitrogens with one attached hydrogen (secondary N) is 1. The molecule has 0 spiro atoms. The number of carbonyl (C=O) groups excluding carboxylic acids is 1. The minimum atomic E-state index is -0.545. The predicted molar refractivity (Wildman–Crippen MR) is 106 cm³/mol. The second-order valence-electron chi connectivity index (χ2n) is 5.24. The number of hydrazone groups is 1. The average molecular weight is 473 g/mol. The number of hydrogen-bond donors (Lipinski definition) is 2. The lowest BCUT2D eigenvalue weighted by molar-refractivity contribution is -0.384.